The smallest absolute Gasteiger partial charge is 0.226 e. The third-order valence-corrected chi connectivity index (χ3v) is 8.35. The molecule has 1 fully saturated rings. The molecule has 1 aliphatic heterocycles. The van der Waals surface area contributed by atoms with Gasteiger partial charge in [-0.3, -0.25) is 4.79 Å². The lowest BCUT2D eigenvalue weighted by molar-refractivity contribution is -0.129. The zero-order valence-corrected chi connectivity index (χ0v) is 24.8. The predicted molar refractivity (Wildman–Crippen MR) is 162 cm³/mol. The number of benzene rings is 3. The first-order valence-corrected chi connectivity index (χ1v) is 14.8. The van der Waals surface area contributed by atoms with Crippen LogP contribution in [0.1, 0.15) is 61.6 Å². The van der Waals surface area contributed by atoms with E-state index in [2.05, 4.69) is 35.2 Å². The maximum Gasteiger partial charge on any atom is 0.226 e. The van der Waals surface area contributed by atoms with Crippen LogP contribution >= 0.6 is 23.2 Å². The van der Waals surface area contributed by atoms with Crippen LogP contribution in [0.2, 0.25) is 10.0 Å². The van der Waals surface area contributed by atoms with Gasteiger partial charge in [0.25, 0.3) is 0 Å². The lowest BCUT2D eigenvalue weighted by atomic mass is 9.89. The van der Waals surface area contributed by atoms with E-state index in [1.165, 1.54) is 18.4 Å². The molecule has 208 valence electrons. The molecule has 0 spiro atoms. The highest BCUT2D eigenvalue weighted by molar-refractivity contribution is 6.42. The fourth-order valence-corrected chi connectivity index (χ4v) is 5.73. The van der Waals surface area contributed by atoms with Crippen LogP contribution in [0, 0.1) is 0 Å². The Kier molecular flexibility index (Phi) is 10.7. The maximum atomic E-state index is 13.2. The van der Waals surface area contributed by atoms with Crippen molar-refractivity contribution in [3.8, 4) is 5.75 Å². The lowest BCUT2D eigenvalue weighted by Crippen LogP contribution is -2.36. The fraction of sp³-hybridized carbons (Fsp3) is 0.424. The second-order valence-electron chi connectivity index (χ2n) is 11.0. The van der Waals surface area contributed by atoms with Gasteiger partial charge in [0.2, 0.25) is 5.91 Å². The van der Waals surface area contributed by atoms with Crippen LogP contribution in [0.4, 0.5) is 0 Å². The molecule has 1 unspecified atom stereocenters. The Morgan fingerprint density at radius 2 is 1.72 bits per heavy atom. The summed E-state index contributed by atoms with van der Waals surface area (Å²) in [6, 6.07) is 24.5. The topological polar surface area (TPSA) is 32.8 Å². The van der Waals surface area contributed by atoms with Gasteiger partial charge >= 0.3 is 0 Å². The van der Waals surface area contributed by atoms with E-state index in [1.807, 2.05) is 68.3 Å². The molecule has 0 saturated carbocycles. The number of hydrogen-bond donors (Lipinski definition) is 0. The Bertz CT molecular complexity index is 1210. The molecule has 0 bridgehead atoms. The molecular formula is C33H40Cl2N2O2. The van der Waals surface area contributed by atoms with E-state index in [0.717, 1.165) is 42.9 Å². The summed E-state index contributed by atoms with van der Waals surface area (Å²) in [4.78, 5) is 17.7. The van der Waals surface area contributed by atoms with Crippen molar-refractivity contribution >= 4 is 29.1 Å². The van der Waals surface area contributed by atoms with Gasteiger partial charge in [-0.15, -0.1) is 0 Å². The van der Waals surface area contributed by atoms with Gasteiger partial charge in [-0.2, -0.15) is 0 Å². The summed E-state index contributed by atoms with van der Waals surface area (Å²) < 4.78 is 5.81. The van der Waals surface area contributed by atoms with Crippen molar-refractivity contribution in [1.82, 2.24) is 9.80 Å². The summed E-state index contributed by atoms with van der Waals surface area (Å²) in [6.07, 6.45) is 3.74. The molecule has 1 atom stereocenters. The van der Waals surface area contributed by atoms with Gasteiger partial charge in [-0.25, -0.2) is 0 Å². The molecule has 1 saturated heterocycles. The van der Waals surface area contributed by atoms with Gasteiger partial charge in [0, 0.05) is 19.5 Å². The van der Waals surface area contributed by atoms with Crippen LogP contribution in [0.3, 0.4) is 0 Å². The Hall–Kier alpha value is -2.53. The van der Waals surface area contributed by atoms with Gasteiger partial charge in [0.05, 0.1) is 22.6 Å². The molecule has 0 aliphatic carbocycles. The van der Waals surface area contributed by atoms with E-state index in [0.29, 0.717) is 28.9 Å². The van der Waals surface area contributed by atoms with Crippen molar-refractivity contribution in [3.05, 3.63) is 99.5 Å². The van der Waals surface area contributed by atoms with Crippen LogP contribution in [0.5, 0.6) is 5.75 Å². The zero-order chi connectivity index (χ0) is 27.8. The molecular weight excluding hydrogens is 527 g/mol. The van der Waals surface area contributed by atoms with E-state index < -0.39 is 0 Å². The summed E-state index contributed by atoms with van der Waals surface area (Å²) in [7, 11) is 1.90. The molecule has 4 nitrogen and oxygen atoms in total. The van der Waals surface area contributed by atoms with Gasteiger partial charge in [0.1, 0.15) is 5.75 Å². The number of ether oxygens (including phenoxy) is 1. The minimum absolute atomic E-state index is 0.0884. The molecule has 1 heterocycles. The van der Waals surface area contributed by atoms with E-state index in [-0.39, 0.29) is 17.9 Å². The first-order chi connectivity index (χ1) is 18.8. The summed E-state index contributed by atoms with van der Waals surface area (Å²) in [6.45, 7) is 7.80. The van der Waals surface area contributed by atoms with Gasteiger partial charge in [-0.1, -0.05) is 71.7 Å². The SMILES string of the molecule is CC(C)Oc1cccc(CC(=O)N(C)CC(CCN2CCC(c3ccccc3)CC2)c2ccc(Cl)c(Cl)c2)c1. The number of likely N-dealkylation sites (tertiary alicyclic amines) is 1. The number of hydrogen-bond acceptors (Lipinski definition) is 3. The van der Waals surface area contributed by atoms with E-state index in [1.54, 1.807) is 0 Å². The minimum atomic E-state index is 0.0884. The molecule has 1 aliphatic rings. The maximum absolute atomic E-state index is 13.2. The van der Waals surface area contributed by atoms with Gasteiger partial charge in [-0.05, 0) is 99.6 Å². The summed E-state index contributed by atoms with van der Waals surface area (Å²) >= 11 is 12.6. The highest BCUT2D eigenvalue weighted by Gasteiger charge is 2.23. The summed E-state index contributed by atoms with van der Waals surface area (Å²) in [5.74, 6) is 1.69. The summed E-state index contributed by atoms with van der Waals surface area (Å²) in [5, 5.41) is 1.11. The number of halogens is 2. The average Bonchev–Trinajstić information content (AvgIpc) is 2.93. The Labute approximate surface area is 243 Å². The normalized spacial score (nSPS) is 15.3. The molecule has 39 heavy (non-hydrogen) atoms. The fourth-order valence-electron chi connectivity index (χ4n) is 5.43. The lowest BCUT2D eigenvalue weighted by Gasteiger charge is -2.34. The number of amides is 1. The number of rotatable bonds is 11. The molecule has 0 N–H and O–H groups in total. The Morgan fingerprint density at radius 3 is 2.41 bits per heavy atom. The van der Waals surface area contributed by atoms with E-state index >= 15 is 0 Å². The molecule has 6 heteroatoms. The van der Waals surface area contributed by atoms with Crippen LogP contribution < -0.4 is 4.74 Å². The third kappa shape index (κ3) is 8.73. The van der Waals surface area contributed by atoms with Crippen LogP contribution in [-0.2, 0) is 11.2 Å². The van der Waals surface area contributed by atoms with Crippen LogP contribution in [0.25, 0.3) is 0 Å². The van der Waals surface area contributed by atoms with Crippen molar-refractivity contribution < 1.29 is 9.53 Å². The number of carbonyl (C=O) groups is 1. The minimum Gasteiger partial charge on any atom is -0.491 e. The second-order valence-corrected chi connectivity index (χ2v) is 11.8. The Balaban J connectivity index is 1.38. The second kappa shape index (κ2) is 14.2. The van der Waals surface area contributed by atoms with E-state index in [9.17, 15) is 4.79 Å². The molecule has 3 aromatic carbocycles. The molecule has 0 aromatic heterocycles. The molecule has 1 amide bonds. The quantitative estimate of drug-likeness (QED) is 0.237. The molecule has 4 rings (SSSR count). The number of nitrogens with zero attached hydrogens (tertiary/aromatic N) is 2. The summed E-state index contributed by atoms with van der Waals surface area (Å²) in [5.41, 5.74) is 3.53. The van der Waals surface area contributed by atoms with Crippen LogP contribution in [-0.4, -0.2) is 55.0 Å². The predicted octanol–water partition coefficient (Wildman–Crippen LogP) is 7.84. The van der Waals surface area contributed by atoms with Crippen molar-refractivity contribution in [2.24, 2.45) is 0 Å². The molecule has 3 aromatic rings. The largest absolute Gasteiger partial charge is 0.491 e. The monoisotopic (exact) mass is 566 g/mol. The van der Waals surface area contributed by atoms with Crippen LogP contribution in [0.15, 0.2) is 72.8 Å². The highest BCUT2D eigenvalue weighted by Crippen LogP contribution is 2.31. The van der Waals surface area contributed by atoms with Gasteiger partial charge in [0.15, 0.2) is 0 Å². The third-order valence-electron chi connectivity index (χ3n) is 7.61. The van der Waals surface area contributed by atoms with E-state index in [4.69, 9.17) is 27.9 Å². The first kappa shape index (κ1) is 29.5. The zero-order valence-electron chi connectivity index (χ0n) is 23.3. The number of carbonyl (C=O) groups excluding carboxylic acids is 1. The van der Waals surface area contributed by atoms with Gasteiger partial charge < -0.3 is 14.5 Å². The standard InChI is InChI=1S/C33H40Cl2N2O2/c1-24(2)39-30-11-7-8-25(20-30)21-33(38)36(3)23-29(28-12-13-31(34)32(35)22-28)16-19-37-17-14-27(15-18-37)26-9-5-4-6-10-26/h4-13,20,22,24,27,29H,14-19,21,23H2,1-3H3. The highest BCUT2D eigenvalue weighted by atomic mass is 35.5. The first-order valence-electron chi connectivity index (χ1n) is 14.0. The number of piperidine rings is 1. The van der Waals surface area contributed by atoms with Crippen molar-refractivity contribution in [3.63, 3.8) is 0 Å². The Morgan fingerprint density at radius 1 is 0.974 bits per heavy atom. The molecule has 0 radical (unpaired) electrons. The van der Waals surface area contributed by atoms with Crippen molar-refractivity contribution in [2.75, 3.05) is 33.2 Å². The average molecular weight is 568 g/mol. The number of likely N-dealkylation sites (N-methyl/N-ethyl adjacent to an activating group) is 1. The van der Waals surface area contributed by atoms with Crippen molar-refractivity contribution in [2.45, 2.75) is 57.5 Å². The van der Waals surface area contributed by atoms with Crippen molar-refractivity contribution in [1.29, 1.82) is 0 Å².